The molecule has 1 atom stereocenters. The maximum Gasteiger partial charge on any atom is 0.181 e. The van der Waals surface area contributed by atoms with Gasteiger partial charge < -0.3 is 5.32 Å². The molecule has 0 bridgehead atoms. The fourth-order valence-corrected chi connectivity index (χ4v) is 4.46. The van der Waals surface area contributed by atoms with Gasteiger partial charge in [-0.05, 0) is 47.4 Å². The molecular formula is C13H20BrNO2S. The second-order valence-corrected chi connectivity index (χ2v) is 7.13. The number of halogens is 1. The molecule has 102 valence electrons. The number of nitrogens with one attached hydrogen (secondary N) is 1. The number of rotatable bonds is 7. The Labute approximate surface area is 118 Å². The van der Waals surface area contributed by atoms with Crippen LogP contribution in [0.15, 0.2) is 33.6 Å². The largest absolute Gasteiger partial charge is 0.313 e. The number of benzene rings is 1. The fourth-order valence-electron chi connectivity index (χ4n) is 1.72. The summed E-state index contributed by atoms with van der Waals surface area (Å²) in [6.45, 7) is 4.93. The van der Waals surface area contributed by atoms with Crippen molar-refractivity contribution in [2.24, 2.45) is 0 Å². The molecule has 18 heavy (non-hydrogen) atoms. The van der Waals surface area contributed by atoms with Gasteiger partial charge in [0.15, 0.2) is 9.84 Å². The van der Waals surface area contributed by atoms with E-state index in [0.717, 1.165) is 19.4 Å². The van der Waals surface area contributed by atoms with Gasteiger partial charge >= 0.3 is 0 Å². The van der Waals surface area contributed by atoms with E-state index in [0.29, 0.717) is 9.37 Å². The second kappa shape index (κ2) is 7.26. The van der Waals surface area contributed by atoms with Crippen molar-refractivity contribution in [1.29, 1.82) is 0 Å². The monoisotopic (exact) mass is 333 g/mol. The Morgan fingerprint density at radius 2 is 1.94 bits per heavy atom. The lowest BCUT2D eigenvalue weighted by Gasteiger charge is -2.17. The molecule has 1 N–H and O–H groups in total. The molecule has 0 aliphatic carbocycles. The van der Waals surface area contributed by atoms with Crippen molar-refractivity contribution in [2.45, 2.75) is 37.6 Å². The maximum absolute atomic E-state index is 12.3. The highest BCUT2D eigenvalue weighted by atomic mass is 79.9. The third kappa shape index (κ3) is 4.37. The standard InChI is InChI=1S/C13H20BrNO2S/c1-3-9-15-11(4-2)10-18(16,17)13-8-6-5-7-12(13)14/h5-8,11,15H,3-4,9-10H2,1-2H3. The van der Waals surface area contributed by atoms with Crippen molar-refractivity contribution < 1.29 is 8.42 Å². The van der Waals surface area contributed by atoms with Crippen molar-refractivity contribution in [2.75, 3.05) is 12.3 Å². The van der Waals surface area contributed by atoms with Gasteiger partial charge in [0, 0.05) is 10.5 Å². The lowest BCUT2D eigenvalue weighted by atomic mass is 10.2. The molecule has 1 aromatic carbocycles. The molecular weight excluding hydrogens is 314 g/mol. The van der Waals surface area contributed by atoms with E-state index in [9.17, 15) is 8.42 Å². The molecule has 1 unspecified atom stereocenters. The summed E-state index contributed by atoms with van der Waals surface area (Å²) in [4.78, 5) is 0.377. The molecule has 0 spiro atoms. The van der Waals surface area contributed by atoms with E-state index in [2.05, 4.69) is 28.2 Å². The van der Waals surface area contributed by atoms with E-state index in [-0.39, 0.29) is 11.8 Å². The zero-order valence-corrected chi connectivity index (χ0v) is 13.2. The Balaban J connectivity index is 2.84. The van der Waals surface area contributed by atoms with Gasteiger partial charge in [-0.15, -0.1) is 0 Å². The smallest absolute Gasteiger partial charge is 0.181 e. The molecule has 0 aromatic heterocycles. The van der Waals surface area contributed by atoms with E-state index in [1.54, 1.807) is 18.2 Å². The summed E-state index contributed by atoms with van der Waals surface area (Å²) in [6.07, 6.45) is 1.81. The van der Waals surface area contributed by atoms with Crippen LogP contribution in [0.2, 0.25) is 0 Å². The molecule has 0 aliphatic rings. The third-order valence-electron chi connectivity index (χ3n) is 2.77. The first-order chi connectivity index (χ1) is 8.51. The summed E-state index contributed by atoms with van der Waals surface area (Å²) >= 11 is 3.30. The second-order valence-electron chi connectivity index (χ2n) is 4.27. The Morgan fingerprint density at radius 1 is 1.28 bits per heavy atom. The van der Waals surface area contributed by atoms with Crippen LogP contribution in [-0.4, -0.2) is 26.8 Å². The summed E-state index contributed by atoms with van der Waals surface area (Å²) in [5.74, 6) is 0.145. The van der Waals surface area contributed by atoms with Crippen LogP contribution in [0.1, 0.15) is 26.7 Å². The van der Waals surface area contributed by atoms with Crippen LogP contribution in [0.3, 0.4) is 0 Å². The van der Waals surface area contributed by atoms with Crippen molar-refractivity contribution in [3.05, 3.63) is 28.7 Å². The lowest BCUT2D eigenvalue weighted by molar-refractivity contribution is 0.519. The van der Waals surface area contributed by atoms with Crippen LogP contribution in [0.4, 0.5) is 0 Å². The molecule has 0 fully saturated rings. The highest BCUT2D eigenvalue weighted by Gasteiger charge is 2.21. The Kier molecular flexibility index (Phi) is 6.32. The number of sulfone groups is 1. The van der Waals surface area contributed by atoms with Crippen LogP contribution < -0.4 is 5.32 Å². The summed E-state index contributed by atoms with van der Waals surface area (Å²) in [5.41, 5.74) is 0. The summed E-state index contributed by atoms with van der Waals surface area (Å²) in [5, 5.41) is 3.27. The lowest BCUT2D eigenvalue weighted by Crippen LogP contribution is -2.35. The first-order valence-electron chi connectivity index (χ1n) is 6.22. The van der Waals surface area contributed by atoms with Gasteiger partial charge in [-0.2, -0.15) is 0 Å². The van der Waals surface area contributed by atoms with E-state index in [1.807, 2.05) is 13.0 Å². The number of hydrogen-bond donors (Lipinski definition) is 1. The van der Waals surface area contributed by atoms with Gasteiger partial charge in [0.2, 0.25) is 0 Å². The minimum atomic E-state index is -3.24. The van der Waals surface area contributed by atoms with Gasteiger partial charge in [-0.1, -0.05) is 26.0 Å². The predicted octanol–water partition coefficient (Wildman–Crippen LogP) is 3.00. The average molecular weight is 334 g/mol. The molecule has 0 radical (unpaired) electrons. The quantitative estimate of drug-likeness (QED) is 0.834. The molecule has 0 aliphatic heterocycles. The highest BCUT2D eigenvalue weighted by molar-refractivity contribution is 9.10. The van der Waals surface area contributed by atoms with Gasteiger partial charge in [0.25, 0.3) is 0 Å². The van der Waals surface area contributed by atoms with Crippen molar-refractivity contribution >= 4 is 25.8 Å². The zero-order valence-electron chi connectivity index (χ0n) is 10.8. The van der Waals surface area contributed by atoms with Crippen molar-refractivity contribution in [1.82, 2.24) is 5.32 Å². The predicted molar refractivity (Wildman–Crippen MR) is 78.6 cm³/mol. The summed E-state index contributed by atoms with van der Waals surface area (Å²) in [7, 11) is -3.24. The highest BCUT2D eigenvalue weighted by Crippen LogP contribution is 2.23. The molecule has 0 saturated carbocycles. The summed E-state index contributed by atoms with van der Waals surface area (Å²) < 4.78 is 25.3. The average Bonchev–Trinajstić information content (AvgIpc) is 2.34. The minimum absolute atomic E-state index is 0.0158. The molecule has 0 amide bonds. The van der Waals surface area contributed by atoms with Crippen molar-refractivity contribution in [3.8, 4) is 0 Å². The first kappa shape index (κ1) is 15.7. The van der Waals surface area contributed by atoms with E-state index in [4.69, 9.17) is 0 Å². The fraction of sp³-hybridized carbons (Fsp3) is 0.538. The minimum Gasteiger partial charge on any atom is -0.313 e. The van der Waals surface area contributed by atoms with Gasteiger partial charge in [-0.3, -0.25) is 0 Å². The first-order valence-corrected chi connectivity index (χ1v) is 8.66. The van der Waals surface area contributed by atoms with Crippen LogP contribution in [0, 0.1) is 0 Å². The Morgan fingerprint density at radius 3 is 2.50 bits per heavy atom. The Bertz CT molecular complexity index is 474. The van der Waals surface area contributed by atoms with Crippen LogP contribution in [0.25, 0.3) is 0 Å². The SMILES string of the molecule is CCCNC(CC)CS(=O)(=O)c1ccccc1Br. The van der Waals surface area contributed by atoms with Crippen LogP contribution in [0.5, 0.6) is 0 Å². The molecule has 1 rings (SSSR count). The van der Waals surface area contributed by atoms with Crippen LogP contribution in [-0.2, 0) is 9.84 Å². The normalized spacial score (nSPS) is 13.5. The molecule has 3 nitrogen and oxygen atoms in total. The molecule has 1 aromatic rings. The van der Waals surface area contributed by atoms with Gasteiger partial charge in [0.1, 0.15) is 0 Å². The Hall–Kier alpha value is -0.390. The van der Waals surface area contributed by atoms with Gasteiger partial charge in [-0.25, -0.2) is 8.42 Å². The maximum atomic E-state index is 12.3. The van der Waals surface area contributed by atoms with Crippen molar-refractivity contribution in [3.63, 3.8) is 0 Å². The molecule has 0 saturated heterocycles. The molecule has 0 heterocycles. The number of hydrogen-bond acceptors (Lipinski definition) is 3. The molecule has 5 heteroatoms. The van der Waals surface area contributed by atoms with E-state index < -0.39 is 9.84 Å². The topological polar surface area (TPSA) is 46.2 Å². The zero-order chi connectivity index (χ0) is 13.6. The van der Waals surface area contributed by atoms with Gasteiger partial charge in [0.05, 0.1) is 10.6 Å². The summed E-state index contributed by atoms with van der Waals surface area (Å²) in [6, 6.07) is 6.98. The van der Waals surface area contributed by atoms with E-state index >= 15 is 0 Å². The van der Waals surface area contributed by atoms with Crippen LogP contribution >= 0.6 is 15.9 Å². The van der Waals surface area contributed by atoms with E-state index in [1.165, 1.54) is 0 Å². The third-order valence-corrected chi connectivity index (χ3v) is 5.59.